The predicted octanol–water partition coefficient (Wildman–Crippen LogP) is 5.15. The lowest BCUT2D eigenvalue weighted by molar-refractivity contribution is -0.117. The van der Waals surface area contributed by atoms with Crippen LogP contribution in [0, 0.1) is 0 Å². The number of carbonyl (C=O) groups is 2. The molecule has 0 saturated heterocycles. The third-order valence-corrected chi connectivity index (χ3v) is 6.38. The summed E-state index contributed by atoms with van der Waals surface area (Å²) in [6, 6.07) is 23.3. The van der Waals surface area contributed by atoms with Crippen molar-refractivity contribution in [3.8, 4) is 16.3 Å². The molecule has 0 radical (unpaired) electrons. The van der Waals surface area contributed by atoms with Crippen LogP contribution in [0.4, 0.5) is 15.6 Å². The first-order chi connectivity index (χ1) is 17.5. The molecule has 1 heterocycles. The van der Waals surface area contributed by atoms with Crippen LogP contribution in [0.5, 0.6) is 5.75 Å². The zero-order chi connectivity index (χ0) is 25.3. The summed E-state index contributed by atoms with van der Waals surface area (Å²) in [5.41, 5.74) is 3.57. The average molecular weight is 502 g/mol. The fourth-order valence-corrected chi connectivity index (χ4v) is 4.29. The Bertz CT molecular complexity index is 1310. The third kappa shape index (κ3) is 6.67. The number of aryl methyl sites for hydroxylation is 1. The van der Waals surface area contributed by atoms with Crippen LogP contribution in [0.2, 0.25) is 0 Å². The highest BCUT2D eigenvalue weighted by molar-refractivity contribution is 7.18. The lowest BCUT2D eigenvalue weighted by Crippen LogP contribution is -2.46. The maximum Gasteiger partial charge on any atom is 0.319 e. The molecule has 3 N–H and O–H groups in total. The van der Waals surface area contributed by atoms with Crippen molar-refractivity contribution in [2.45, 2.75) is 25.8 Å². The lowest BCUT2D eigenvalue weighted by atomic mass is 10.1. The van der Waals surface area contributed by atoms with Crippen LogP contribution in [0.1, 0.15) is 18.1 Å². The number of methoxy groups -OCH3 is 1. The molecule has 3 aromatic carbocycles. The second-order valence-electron chi connectivity index (χ2n) is 8.02. The van der Waals surface area contributed by atoms with Crippen LogP contribution in [0.25, 0.3) is 10.6 Å². The molecule has 184 valence electrons. The number of anilines is 2. The molecule has 8 nitrogen and oxygen atoms in total. The Kier molecular flexibility index (Phi) is 8.25. The zero-order valence-electron chi connectivity index (χ0n) is 20.0. The van der Waals surface area contributed by atoms with Crippen LogP contribution < -0.4 is 20.7 Å². The van der Waals surface area contributed by atoms with Gasteiger partial charge in [-0.3, -0.25) is 10.1 Å². The van der Waals surface area contributed by atoms with Gasteiger partial charge in [-0.05, 0) is 41.8 Å². The Balaban J connectivity index is 1.46. The summed E-state index contributed by atoms with van der Waals surface area (Å²) < 4.78 is 5.27. The largest absolute Gasteiger partial charge is 0.497 e. The number of rotatable bonds is 9. The van der Waals surface area contributed by atoms with Gasteiger partial charge in [-0.25, -0.2) is 4.79 Å². The Morgan fingerprint density at radius 1 is 0.917 bits per heavy atom. The van der Waals surface area contributed by atoms with E-state index < -0.39 is 12.1 Å². The molecule has 4 aromatic rings. The summed E-state index contributed by atoms with van der Waals surface area (Å²) >= 11 is 1.24. The number of ether oxygens (including phenoxy) is 1. The minimum atomic E-state index is -0.827. The van der Waals surface area contributed by atoms with Gasteiger partial charge in [0.25, 0.3) is 0 Å². The maximum atomic E-state index is 13.2. The van der Waals surface area contributed by atoms with Crippen LogP contribution in [0.3, 0.4) is 0 Å². The van der Waals surface area contributed by atoms with E-state index in [0.717, 1.165) is 17.5 Å². The minimum Gasteiger partial charge on any atom is -0.497 e. The number of nitrogens with zero attached hydrogens (tertiary/aromatic N) is 2. The smallest absolute Gasteiger partial charge is 0.319 e. The van der Waals surface area contributed by atoms with Crippen LogP contribution >= 0.6 is 11.3 Å². The molecule has 0 spiro atoms. The van der Waals surface area contributed by atoms with E-state index in [-0.39, 0.29) is 5.91 Å². The van der Waals surface area contributed by atoms with Gasteiger partial charge in [-0.1, -0.05) is 72.9 Å². The molecule has 4 rings (SSSR count). The fourth-order valence-electron chi connectivity index (χ4n) is 3.55. The maximum absolute atomic E-state index is 13.2. The van der Waals surface area contributed by atoms with E-state index >= 15 is 0 Å². The molecular weight excluding hydrogens is 474 g/mol. The van der Waals surface area contributed by atoms with Crippen molar-refractivity contribution in [1.82, 2.24) is 15.5 Å². The molecule has 0 aliphatic heterocycles. The summed E-state index contributed by atoms with van der Waals surface area (Å²) in [5.74, 6) is 0.319. The molecule has 1 aromatic heterocycles. The van der Waals surface area contributed by atoms with Gasteiger partial charge in [-0.15, -0.1) is 10.2 Å². The van der Waals surface area contributed by atoms with Gasteiger partial charge in [0.15, 0.2) is 0 Å². The van der Waals surface area contributed by atoms with Crippen molar-refractivity contribution in [2.24, 2.45) is 0 Å². The van der Waals surface area contributed by atoms with Crippen molar-refractivity contribution in [2.75, 3.05) is 17.7 Å². The van der Waals surface area contributed by atoms with Gasteiger partial charge < -0.3 is 15.4 Å². The highest BCUT2D eigenvalue weighted by atomic mass is 32.1. The van der Waals surface area contributed by atoms with Gasteiger partial charge in [0, 0.05) is 17.7 Å². The van der Waals surface area contributed by atoms with E-state index in [0.29, 0.717) is 28.0 Å². The van der Waals surface area contributed by atoms with Crippen molar-refractivity contribution >= 4 is 34.1 Å². The first kappa shape index (κ1) is 24.9. The highest BCUT2D eigenvalue weighted by Crippen LogP contribution is 2.28. The van der Waals surface area contributed by atoms with E-state index in [9.17, 15) is 9.59 Å². The predicted molar refractivity (Wildman–Crippen MR) is 142 cm³/mol. The number of nitrogens with one attached hydrogen (secondary N) is 3. The van der Waals surface area contributed by atoms with E-state index in [4.69, 9.17) is 4.74 Å². The second-order valence-corrected chi connectivity index (χ2v) is 9.00. The van der Waals surface area contributed by atoms with Gasteiger partial charge in [0.1, 0.15) is 16.8 Å². The number of carbonyl (C=O) groups excluding carboxylic acids is 2. The monoisotopic (exact) mass is 501 g/mol. The van der Waals surface area contributed by atoms with E-state index in [1.54, 1.807) is 7.11 Å². The SMILES string of the molecule is CCc1ccc(NC(=O)NC(Cc2ccccc2)C(=O)Nc2nnc(-c3cccc(OC)c3)s2)cc1. The van der Waals surface area contributed by atoms with Crippen LogP contribution in [-0.4, -0.2) is 35.3 Å². The molecule has 0 bridgehead atoms. The summed E-state index contributed by atoms with van der Waals surface area (Å²) in [5, 5.41) is 17.7. The molecule has 0 fully saturated rings. The first-order valence-corrected chi connectivity index (χ1v) is 12.3. The van der Waals surface area contributed by atoms with E-state index in [2.05, 4.69) is 33.1 Å². The number of hydrogen-bond donors (Lipinski definition) is 3. The minimum absolute atomic E-state index is 0.316. The molecule has 1 unspecified atom stereocenters. The Labute approximate surface area is 213 Å². The van der Waals surface area contributed by atoms with Crippen LogP contribution in [-0.2, 0) is 17.6 Å². The van der Waals surface area contributed by atoms with Gasteiger partial charge in [0.05, 0.1) is 7.11 Å². The van der Waals surface area contributed by atoms with E-state index in [1.165, 1.54) is 16.9 Å². The highest BCUT2D eigenvalue weighted by Gasteiger charge is 2.23. The fraction of sp³-hybridized carbons (Fsp3) is 0.185. The Hall–Kier alpha value is -4.24. The Morgan fingerprint density at radius 2 is 1.69 bits per heavy atom. The Morgan fingerprint density at radius 3 is 2.42 bits per heavy atom. The topological polar surface area (TPSA) is 105 Å². The number of benzene rings is 3. The molecular formula is C27H27N5O3S. The first-order valence-electron chi connectivity index (χ1n) is 11.5. The molecule has 36 heavy (non-hydrogen) atoms. The van der Waals surface area contributed by atoms with Gasteiger partial charge >= 0.3 is 6.03 Å². The number of aromatic nitrogens is 2. The zero-order valence-corrected chi connectivity index (χ0v) is 20.8. The summed E-state index contributed by atoms with van der Waals surface area (Å²) in [4.78, 5) is 25.9. The van der Waals surface area contributed by atoms with Crippen molar-refractivity contribution < 1.29 is 14.3 Å². The third-order valence-electron chi connectivity index (χ3n) is 5.50. The molecule has 9 heteroatoms. The van der Waals surface area contributed by atoms with Crippen molar-refractivity contribution in [3.63, 3.8) is 0 Å². The number of urea groups is 1. The second kappa shape index (κ2) is 11.9. The summed E-state index contributed by atoms with van der Waals surface area (Å²) in [7, 11) is 1.60. The van der Waals surface area contributed by atoms with Crippen molar-refractivity contribution in [1.29, 1.82) is 0 Å². The molecule has 3 amide bonds. The van der Waals surface area contributed by atoms with Crippen LogP contribution in [0.15, 0.2) is 78.9 Å². The standard InChI is InChI=1S/C27H27N5O3S/c1-3-18-12-14-21(15-13-18)28-26(34)29-23(16-19-8-5-4-6-9-19)24(33)30-27-32-31-25(36-27)20-10-7-11-22(17-20)35-2/h4-15,17,23H,3,16H2,1-2H3,(H2,28,29,34)(H,30,32,33). The average Bonchev–Trinajstić information content (AvgIpc) is 3.38. The number of hydrogen-bond acceptors (Lipinski definition) is 6. The number of amides is 3. The lowest BCUT2D eigenvalue weighted by Gasteiger charge is -2.18. The quantitative estimate of drug-likeness (QED) is 0.294. The molecule has 0 aliphatic rings. The molecule has 1 atom stereocenters. The summed E-state index contributed by atoms with van der Waals surface area (Å²) in [6.45, 7) is 2.07. The summed E-state index contributed by atoms with van der Waals surface area (Å²) in [6.07, 6.45) is 1.23. The van der Waals surface area contributed by atoms with Gasteiger partial charge in [0.2, 0.25) is 11.0 Å². The van der Waals surface area contributed by atoms with Gasteiger partial charge in [-0.2, -0.15) is 0 Å². The molecule has 0 aliphatic carbocycles. The van der Waals surface area contributed by atoms with E-state index in [1.807, 2.05) is 78.9 Å². The molecule has 0 saturated carbocycles. The van der Waals surface area contributed by atoms with Crippen molar-refractivity contribution in [3.05, 3.63) is 90.0 Å². The normalized spacial score (nSPS) is 11.4.